The Labute approximate surface area is 221 Å². The molecule has 0 fully saturated rings. The van der Waals surface area contributed by atoms with E-state index in [1.54, 1.807) is 10.8 Å². The Bertz CT molecular complexity index is 1700. The molecule has 0 amide bonds. The lowest BCUT2D eigenvalue weighted by Crippen LogP contribution is -2.19. The molecule has 0 saturated heterocycles. The SMILES string of the molecule is BN(Cc1cccc(Oc2ccccc2)c1)Cc1nc(-c2cccc(C)n2)c(-c2ccc3ncnn3c2)[nH]1. The van der Waals surface area contributed by atoms with E-state index in [2.05, 4.69) is 40.0 Å². The van der Waals surface area contributed by atoms with Crippen molar-refractivity contribution < 1.29 is 4.74 Å². The van der Waals surface area contributed by atoms with Crippen molar-refractivity contribution >= 4 is 13.6 Å². The molecule has 0 unspecified atom stereocenters. The molecule has 0 aliphatic heterocycles. The smallest absolute Gasteiger partial charge is 0.186 e. The summed E-state index contributed by atoms with van der Waals surface area (Å²) in [5.74, 6) is 2.50. The fraction of sp³-hybridized carbons (Fsp3) is 0.103. The lowest BCUT2D eigenvalue weighted by Gasteiger charge is -2.16. The Morgan fingerprint density at radius 3 is 2.61 bits per heavy atom. The first-order valence-corrected chi connectivity index (χ1v) is 12.4. The van der Waals surface area contributed by atoms with Crippen LogP contribution in [-0.4, -0.2) is 42.3 Å². The average Bonchev–Trinajstić information content (AvgIpc) is 3.56. The van der Waals surface area contributed by atoms with Crippen molar-refractivity contribution in [1.82, 2.24) is 34.4 Å². The molecule has 0 bridgehead atoms. The Balaban J connectivity index is 1.25. The topological polar surface area (TPSA) is 84.2 Å². The third-order valence-electron chi connectivity index (χ3n) is 6.20. The minimum Gasteiger partial charge on any atom is -0.457 e. The number of nitrogens with one attached hydrogen (secondary N) is 1. The van der Waals surface area contributed by atoms with E-state index >= 15 is 0 Å². The van der Waals surface area contributed by atoms with Crippen LogP contribution in [0.25, 0.3) is 28.3 Å². The van der Waals surface area contributed by atoms with Gasteiger partial charge in [-0.2, -0.15) is 5.10 Å². The van der Waals surface area contributed by atoms with Gasteiger partial charge in [-0.15, -0.1) is 0 Å². The Hall–Kier alpha value is -4.76. The third kappa shape index (κ3) is 5.19. The van der Waals surface area contributed by atoms with Crippen LogP contribution in [-0.2, 0) is 13.1 Å². The zero-order valence-corrected chi connectivity index (χ0v) is 21.2. The first kappa shape index (κ1) is 23.6. The van der Waals surface area contributed by atoms with Gasteiger partial charge in [0.2, 0.25) is 0 Å². The van der Waals surface area contributed by atoms with Crippen molar-refractivity contribution in [2.45, 2.75) is 20.0 Å². The molecule has 0 aliphatic carbocycles. The molecular formula is C29H26BN7O. The molecule has 1 N–H and O–H groups in total. The molecule has 9 heteroatoms. The maximum Gasteiger partial charge on any atom is 0.186 e. The molecule has 8 nitrogen and oxygen atoms in total. The van der Waals surface area contributed by atoms with Crippen LogP contribution >= 0.6 is 0 Å². The van der Waals surface area contributed by atoms with Gasteiger partial charge in [-0.25, -0.2) is 14.5 Å². The fourth-order valence-corrected chi connectivity index (χ4v) is 4.49. The number of aromatic nitrogens is 6. The number of aromatic amines is 1. The predicted molar refractivity (Wildman–Crippen MR) is 149 cm³/mol. The van der Waals surface area contributed by atoms with Gasteiger partial charge in [0.25, 0.3) is 0 Å². The maximum absolute atomic E-state index is 6.01. The largest absolute Gasteiger partial charge is 0.457 e. The molecule has 0 radical (unpaired) electrons. The number of hydrogen-bond acceptors (Lipinski definition) is 6. The summed E-state index contributed by atoms with van der Waals surface area (Å²) in [6, 6.07) is 28.0. The zero-order chi connectivity index (χ0) is 25.9. The van der Waals surface area contributed by atoms with Crippen LogP contribution in [0.3, 0.4) is 0 Å². The van der Waals surface area contributed by atoms with Gasteiger partial charge in [-0.1, -0.05) is 36.4 Å². The van der Waals surface area contributed by atoms with Crippen LogP contribution in [0.4, 0.5) is 0 Å². The van der Waals surface area contributed by atoms with Crippen LogP contribution in [0.1, 0.15) is 17.1 Å². The Morgan fingerprint density at radius 1 is 0.895 bits per heavy atom. The van der Waals surface area contributed by atoms with E-state index in [1.807, 2.05) is 85.9 Å². The monoisotopic (exact) mass is 499 g/mol. The van der Waals surface area contributed by atoms with E-state index < -0.39 is 0 Å². The van der Waals surface area contributed by atoms with Crippen LogP contribution in [0.5, 0.6) is 11.5 Å². The fourth-order valence-electron chi connectivity index (χ4n) is 4.49. The van der Waals surface area contributed by atoms with Gasteiger partial charge in [-0.05, 0) is 61.0 Å². The highest BCUT2D eigenvalue weighted by atomic mass is 16.5. The van der Waals surface area contributed by atoms with E-state index in [0.29, 0.717) is 6.54 Å². The first-order valence-electron chi connectivity index (χ1n) is 12.4. The molecule has 6 rings (SSSR count). The normalized spacial score (nSPS) is 11.3. The number of hydrogen-bond donors (Lipinski definition) is 1. The number of fused-ring (bicyclic) bond motifs is 1. The molecule has 4 aromatic heterocycles. The number of benzene rings is 2. The highest BCUT2D eigenvalue weighted by Gasteiger charge is 2.17. The number of ether oxygens (including phenoxy) is 1. The molecule has 6 aromatic rings. The van der Waals surface area contributed by atoms with E-state index in [0.717, 1.165) is 63.4 Å². The van der Waals surface area contributed by atoms with E-state index in [-0.39, 0.29) is 0 Å². The second-order valence-electron chi connectivity index (χ2n) is 9.29. The van der Waals surface area contributed by atoms with Crippen molar-refractivity contribution in [3.63, 3.8) is 0 Å². The van der Waals surface area contributed by atoms with E-state index in [1.165, 1.54) is 0 Å². The second-order valence-corrected chi connectivity index (χ2v) is 9.29. The van der Waals surface area contributed by atoms with Gasteiger partial charge in [0.1, 0.15) is 29.3 Å². The first-order chi connectivity index (χ1) is 18.6. The van der Waals surface area contributed by atoms with Crippen molar-refractivity contribution in [2.75, 3.05) is 0 Å². The highest BCUT2D eigenvalue weighted by Crippen LogP contribution is 2.30. The molecule has 0 aliphatic rings. The molecule has 186 valence electrons. The van der Waals surface area contributed by atoms with Crippen molar-refractivity contribution in [1.29, 1.82) is 0 Å². The summed E-state index contributed by atoms with van der Waals surface area (Å²) < 4.78 is 7.78. The summed E-state index contributed by atoms with van der Waals surface area (Å²) in [6.45, 7) is 3.36. The maximum atomic E-state index is 6.01. The molecule has 0 atom stereocenters. The van der Waals surface area contributed by atoms with Crippen LogP contribution < -0.4 is 4.74 Å². The summed E-state index contributed by atoms with van der Waals surface area (Å²) >= 11 is 0. The number of para-hydroxylation sites is 1. The Kier molecular flexibility index (Phi) is 6.41. The van der Waals surface area contributed by atoms with Crippen molar-refractivity contribution in [3.8, 4) is 34.1 Å². The van der Waals surface area contributed by atoms with Gasteiger partial charge in [0.15, 0.2) is 13.6 Å². The van der Waals surface area contributed by atoms with Gasteiger partial charge in [0.05, 0.1) is 11.4 Å². The minimum atomic E-state index is 0.633. The standard InChI is InChI=1S/C29H26BN7O/c1-20-7-5-12-25(33-20)29-28(22-13-14-27-31-19-32-37(27)17-22)34-26(35-29)18-36(30)16-21-8-6-11-24(15-21)38-23-9-3-2-4-10-23/h2-15,17,19H,16,18,30H2,1H3,(H,34,35). The number of nitrogens with zero attached hydrogens (tertiary/aromatic N) is 6. The molecule has 4 heterocycles. The lowest BCUT2D eigenvalue weighted by atomic mass is 10.1. The van der Waals surface area contributed by atoms with Gasteiger partial charge < -0.3 is 14.5 Å². The molecule has 38 heavy (non-hydrogen) atoms. The molecule has 0 spiro atoms. The molecule has 0 saturated carbocycles. The summed E-state index contributed by atoms with van der Waals surface area (Å²) in [7, 11) is 2.08. The van der Waals surface area contributed by atoms with Crippen LogP contribution in [0, 0.1) is 6.92 Å². The Morgan fingerprint density at radius 2 is 1.74 bits per heavy atom. The number of rotatable bonds is 8. The van der Waals surface area contributed by atoms with Crippen molar-refractivity contribution in [3.05, 3.63) is 115 Å². The highest BCUT2D eigenvalue weighted by molar-refractivity contribution is 6.04. The van der Waals surface area contributed by atoms with Gasteiger partial charge in [0, 0.05) is 30.5 Å². The third-order valence-corrected chi connectivity index (χ3v) is 6.20. The van der Waals surface area contributed by atoms with Gasteiger partial charge >= 0.3 is 0 Å². The number of aryl methyl sites for hydroxylation is 1. The summed E-state index contributed by atoms with van der Waals surface area (Å²) in [5.41, 5.74) is 6.41. The van der Waals surface area contributed by atoms with E-state index in [4.69, 9.17) is 14.7 Å². The van der Waals surface area contributed by atoms with E-state index in [9.17, 15) is 0 Å². The van der Waals surface area contributed by atoms with Crippen molar-refractivity contribution in [2.24, 2.45) is 0 Å². The van der Waals surface area contributed by atoms with Gasteiger partial charge in [-0.3, -0.25) is 4.98 Å². The minimum absolute atomic E-state index is 0.633. The summed E-state index contributed by atoms with van der Waals surface area (Å²) in [6.07, 6.45) is 3.51. The zero-order valence-electron chi connectivity index (χ0n) is 21.2. The summed E-state index contributed by atoms with van der Waals surface area (Å²) in [5, 5.41) is 4.29. The summed E-state index contributed by atoms with van der Waals surface area (Å²) in [4.78, 5) is 19.8. The average molecular weight is 499 g/mol. The van der Waals surface area contributed by atoms with Crippen LogP contribution in [0.15, 0.2) is 97.5 Å². The lowest BCUT2D eigenvalue weighted by molar-refractivity contribution is 0.429. The van der Waals surface area contributed by atoms with Crippen LogP contribution in [0.2, 0.25) is 0 Å². The predicted octanol–water partition coefficient (Wildman–Crippen LogP) is 4.83. The molecule has 2 aromatic carbocycles. The number of pyridine rings is 2. The second kappa shape index (κ2) is 10.3. The molecular weight excluding hydrogens is 473 g/mol. The number of imidazole rings is 1. The number of H-pyrrole nitrogens is 1. The quantitative estimate of drug-likeness (QED) is 0.302.